The highest BCUT2D eigenvalue weighted by molar-refractivity contribution is 5.95. The first-order valence-corrected chi connectivity index (χ1v) is 6.47. The van der Waals surface area contributed by atoms with Gasteiger partial charge in [0.1, 0.15) is 0 Å². The van der Waals surface area contributed by atoms with Crippen molar-refractivity contribution in [3.8, 4) is 0 Å². The molecule has 1 heterocycles. The number of fused-ring (bicyclic) bond motifs is 1. The summed E-state index contributed by atoms with van der Waals surface area (Å²) in [6.45, 7) is 6.27. The average Bonchev–Trinajstić information content (AvgIpc) is 2.39. The van der Waals surface area contributed by atoms with Crippen LogP contribution in [0.15, 0.2) is 24.4 Å². The van der Waals surface area contributed by atoms with Crippen molar-refractivity contribution in [3.05, 3.63) is 35.5 Å². The normalized spacial score (nSPS) is 10.8. The number of hydrogen-bond donors (Lipinski definition) is 2. The number of aromatic nitrogens is 1. The molecule has 2 aromatic rings. The SMILES string of the molecule is CNCCCNc1ccnc2c(C)ccc(C)c12. The molecule has 0 spiro atoms. The zero-order valence-electron chi connectivity index (χ0n) is 11.4. The number of anilines is 1. The number of benzene rings is 1. The van der Waals surface area contributed by atoms with E-state index in [1.165, 1.54) is 22.2 Å². The lowest BCUT2D eigenvalue weighted by Crippen LogP contribution is -2.13. The Hall–Kier alpha value is -1.61. The van der Waals surface area contributed by atoms with Gasteiger partial charge in [0, 0.05) is 23.8 Å². The van der Waals surface area contributed by atoms with Gasteiger partial charge in [0.15, 0.2) is 0 Å². The van der Waals surface area contributed by atoms with E-state index in [0.29, 0.717) is 0 Å². The fraction of sp³-hybridized carbons (Fsp3) is 0.400. The average molecular weight is 243 g/mol. The fourth-order valence-corrected chi connectivity index (χ4v) is 2.21. The van der Waals surface area contributed by atoms with Crippen molar-refractivity contribution in [3.63, 3.8) is 0 Å². The first-order valence-electron chi connectivity index (χ1n) is 6.47. The third-order valence-corrected chi connectivity index (χ3v) is 3.22. The highest BCUT2D eigenvalue weighted by Gasteiger charge is 2.06. The molecule has 0 saturated heterocycles. The van der Waals surface area contributed by atoms with Crippen LogP contribution in [0.2, 0.25) is 0 Å². The zero-order valence-corrected chi connectivity index (χ0v) is 11.4. The predicted octanol–water partition coefficient (Wildman–Crippen LogP) is 2.87. The minimum absolute atomic E-state index is 0.979. The zero-order chi connectivity index (χ0) is 13.0. The quantitative estimate of drug-likeness (QED) is 0.793. The lowest BCUT2D eigenvalue weighted by Gasteiger charge is -2.12. The van der Waals surface area contributed by atoms with E-state index in [0.717, 1.165) is 25.0 Å². The van der Waals surface area contributed by atoms with Crippen LogP contribution in [-0.2, 0) is 0 Å². The van der Waals surface area contributed by atoms with Crippen LogP contribution >= 0.6 is 0 Å². The van der Waals surface area contributed by atoms with E-state index < -0.39 is 0 Å². The van der Waals surface area contributed by atoms with Gasteiger partial charge >= 0.3 is 0 Å². The van der Waals surface area contributed by atoms with Gasteiger partial charge in [-0.1, -0.05) is 12.1 Å². The van der Waals surface area contributed by atoms with Crippen molar-refractivity contribution in [2.75, 3.05) is 25.5 Å². The maximum absolute atomic E-state index is 4.49. The molecule has 1 aromatic carbocycles. The number of pyridine rings is 1. The predicted molar refractivity (Wildman–Crippen MR) is 78.3 cm³/mol. The number of nitrogens with zero attached hydrogens (tertiary/aromatic N) is 1. The molecule has 0 atom stereocenters. The maximum atomic E-state index is 4.49. The Morgan fingerprint density at radius 1 is 1.06 bits per heavy atom. The van der Waals surface area contributed by atoms with Crippen LogP contribution in [-0.4, -0.2) is 25.1 Å². The largest absolute Gasteiger partial charge is 0.384 e. The van der Waals surface area contributed by atoms with Gasteiger partial charge in [0.25, 0.3) is 0 Å². The van der Waals surface area contributed by atoms with Gasteiger partial charge in [0.05, 0.1) is 5.52 Å². The van der Waals surface area contributed by atoms with Crippen LogP contribution in [0.3, 0.4) is 0 Å². The second kappa shape index (κ2) is 5.83. The molecular weight excluding hydrogens is 222 g/mol. The summed E-state index contributed by atoms with van der Waals surface area (Å²) in [6.07, 6.45) is 3.00. The molecule has 1 aromatic heterocycles. The molecule has 0 unspecified atom stereocenters. The Morgan fingerprint density at radius 3 is 2.61 bits per heavy atom. The minimum Gasteiger partial charge on any atom is -0.384 e. The molecule has 96 valence electrons. The van der Waals surface area contributed by atoms with Crippen molar-refractivity contribution < 1.29 is 0 Å². The molecule has 0 aliphatic rings. The molecule has 0 amide bonds. The summed E-state index contributed by atoms with van der Waals surface area (Å²) >= 11 is 0. The van der Waals surface area contributed by atoms with Crippen molar-refractivity contribution in [2.24, 2.45) is 0 Å². The smallest absolute Gasteiger partial charge is 0.0754 e. The summed E-state index contributed by atoms with van der Waals surface area (Å²) in [6, 6.07) is 6.36. The van der Waals surface area contributed by atoms with Gasteiger partial charge < -0.3 is 10.6 Å². The van der Waals surface area contributed by atoms with Crippen molar-refractivity contribution in [1.82, 2.24) is 10.3 Å². The Kier molecular flexibility index (Phi) is 4.15. The summed E-state index contributed by atoms with van der Waals surface area (Å²) in [5.41, 5.74) is 4.81. The van der Waals surface area contributed by atoms with Gasteiger partial charge in [-0.25, -0.2) is 0 Å². The first-order chi connectivity index (χ1) is 8.74. The van der Waals surface area contributed by atoms with Crippen molar-refractivity contribution in [1.29, 1.82) is 0 Å². The Balaban J connectivity index is 2.30. The first kappa shape index (κ1) is 12.8. The Bertz CT molecular complexity index is 534. The summed E-state index contributed by atoms with van der Waals surface area (Å²) < 4.78 is 0. The van der Waals surface area contributed by atoms with Gasteiger partial charge in [0.2, 0.25) is 0 Å². The van der Waals surface area contributed by atoms with Gasteiger partial charge in [-0.15, -0.1) is 0 Å². The van der Waals surface area contributed by atoms with Crippen LogP contribution in [0.4, 0.5) is 5.69 Å². The third-order valence-electron chi connectivity index (χ3n) is 3.22. The molecule has 2 N–H and O–H groups in total. The number of aryl methyl sites for hydroxylation is 2. The van der Waals surface area contributed by atoms with Crippen LogP contribution in [0.25, 0.3) is 10.9 Å². The molecule has 0 radical (unpaired) electrons. The van der Waals surface area contributed by atoms with E-state index in [1.807, 2.05) is 13.2 Å². The molecule has 3 heteroatoms. The van der Waals surface area contributed by atoms with Crippen LogP contribution in [0.1, 0.15) is 17.5 Å². The summed E-state index contributed by atoms with van der Waals surface area (Å²) in [7, 11) is 1.98. The molecular formula is C15H21N3. The van der Waals surface area contributed by atoms with E-state index in [9.17, 15) is 0 Å². The molecule has 18 heavy (non-hydrogen) atoms. The Labute approximate surface area is 109 Å². The van der Waals surface area contributed by atoms with Gasteiger partial charge in [-0.3, -0.25) is 4.98 Å². The maximum Gasteiger partial charge on any atom is 0.0754 e. The van der Waals surface area contributed by atoms with Gasteiger partial charge in [-0.05, 0) is 51.1 Å². The molecule has 0 saturated carbocycles. The van der Waals surface area contributed by atoms with E-state index in [2.05, 4.69) is 47.7 Å². The van der Waals surface area contributed by atoms with Crippen molar-refractivity contribution >= 4 is 16.6 Å². The van der Waals surface area contributed by atoms with E-state index >= 15 is 0 Å². The fourth-order valence-electron chi connectivity index (χ4n) is 2.21. The molecule has 0 fully saturated rings. The monoisotopic (exact) mass is 243 g/mol. The highest BCUT2D eigenvalue weighted by Crippen LogP contribution is 2.27. The minimum atomic E-state index is 0.979. The van der Waals surface area contributed by atoms with Crippen LogP contribution in [0.5, 0.6) is 0 Å². The highest BCUT2D eigenvalue weighted by atomic mass is 14.9. The van der Waals surface area contributed by atoms with Crippen LogP contribution < -0.4 is 10.6 Å². The lowest BCUT2D eigenvalue weighted by atomic mass is 10.0. The molecule has 2 rings (SSSR count). The summed E-state index contributed by atoms with van der Waals surface area (Å²) in [5.74, 6) is 0. The lowest BCUT2D eigenvalue weighted by molar-refractivity contribution is 0.748. The van der Waals surface area contributed by atoms with Crippen LogP contribution in [0, 0.1) is 13.8 Å². The second-order valence-electron chi connectivity index (χ2n) is 4.67. The number of rotatable bonds is 5. The molecule has 0 aliphatic heterocycles. The van der Waals surface area contributed by atoms with Crippen molar-refractivity contribution in [2.45, 2.75) is 20.3 Å². The number of hydrogen-bond acceptors (Lipinski definition) is 3. The van der Waals surface area contributed by atoms with E-state index in [-0.39, 0.29) is 0 Å². The topological polar surface area (TPSA) is 37.0 Å². The van der Waals surface area contributed by atoms with E-state index in [1.54, 1.807) is 0 Å². The second-order valence-corrected chi connectivity index (χ2v) is 4.67. The standard InChI is InChI=1S/C15H21N3/c1-11-5-6-12(2)15-14(11)13(7-10-18-15)17-9-4-8-16-3/h5-7,10,16H,4,8-9H2,1-3H3,(H,17,18). The summed E-state index contributed by atoms with van der Waals surface area (Å²) in [5, 5.41) is 7.92. The summed E-state index contributed by atoms with van der Waals surface area (Å²) in [4.78, 5) is 4.49. The van der Waals surface area contributed by atoms with E-state index in [4.69, 9.17) is 0 Å². The molecule has 3 nitrogen and oxygen atoms in total. The number of nitrogens with one attached hydrogen (secondary N) is 2. The molecule has 0 bridgehead atoms. The Morgan fingerprint density at radius 2 is 1.83 bits per heavy atom. The third kappa shape index (κ3) is 2.62. The van der Waals surface area contributed by atoms with Gasteiger partial charge in [-0.2, -0.15) is 0 Å². The molecule has 0 aliphatic carbocycles.